The molecule has 1 aliphatic rings. The summed E-state index contributed by atoms with van der Waals surface area (Å²) in [5.74, 6) is 1.92. The van der Waals surface area contributed by atoms with Gasteiger partial charge in [-0.15, -0.1) is 0 Å². The Morgan fingerprint density at radius 3 is 2.33 bits per heavy atom. The molecule has 0 bridgehead atoms. The van der Waals surface area contributed by atoms with Crippen molar-refractivity contribution in [3.05, 3.63) is 76.6 Å². The number of aromatic nitrogens is 1. The van der Waals surface area contributed by atoms with E-state index in [9.17, 15) is 0 Å². The van der Waals surface area contributed by atoms with Crippen molar-refractivity contribution in [1.82, 2.24) is 9.47 Å². The van der Waals surface area contributed by atoms with Crippen molar-refractivity contribution in [3.8, 4) is 17.2 Å². The molecule has 1 unspecified atom stereocenters. The molecular formula is C24H27ClN2O3. The summed E-state index contributed by atoms with van der Waals surface area (Å²) in [7, 11) is 4.93. The van der Waals surface area contributed by atoms with Crippen molar-refractivity contribution in [3.63, 3.8) is 0 Å². The summed E-state index contributed by atoms with van der Waals surface area (Å²) in [5, 5.41) is 0.792. The van der Waals surface area contributed by atoms with E-state index < -0.39 is 0 Å². The molecule has 0 fully saturated rings. The van der Waals surface area contributed by atoms with Crippen molar-refractivity contribution < 1.29 is 14.2 Å². The normalized spacial score (nSPS) is 16.6. The zero-order valence-electron chi connectivity index (χ0n) is 17.6. The van der Waals surface area contributed by atoms with Crippen LogP contribution in [-0.2, 0) is 13.1 Å². The third-order valence-corrected chi connectivity index (χ3v) is 6.06. The minimum atomic E-state index is 0.0347. The van der Waals surface area contributed by atoms with Crippen LogP contribution in [0.5, 0.6) is 17.2 Å². The van der Waals surface area contributed by atoms with Crippen LogP contribution in [0.3, 0.4) is 0 Å². The number of methoxy groups -OCH3 is 3. The molecule has 0 radical (unpaired) electrons. The van der Waals surface area contributed by atoms with Crippen LogP contribution in [0.4, 0.5) is 0 Å². The van der Waals surface area contributed by atoms with Gasteiger partial charge in [-0.1, -0.05) is 29.8 Å². The third-order valence-electron chi connectivity index (χ3n) is 5.69. The van der Waals surface area contributed by atoms with E-state index >= 15 is 0 Å². The molecule has 1 atom stereocenters. The van der Waals surface area contributed by atoms with Gasteiger partial charge in [-0.3, -0.25) is 4.90 Å². The van der Waals surface area contributed by atoms with Gasteiger partial charge < -0.3 is 18.8 Å². The van der Waals surface area contributed by atoms with E-state index in [1.54, 1.807) is 21.3 Å². The first kappa shape index (κ1) is 20.6. The number of rotatable bonds is 6. The first-order chi connectivity index (χ1) is 14.7. The molecule has 0 saturated carbocycles. The summed E-state index contributed by atoms with van der Waals surface area (Å²) in [5.41, 5.74) is 3.46. The zero-order valence-corrected chi connectivity index (χ0v) is 18.4. The Labute approximate surface area is 182 Å². The summed E-state index contributed by atoms with van der Waals surface area (Å²) < 4.78 is 19.1. The maximum Gasteiger partial charge on any atom is 0.203 e. The maximum absolute atomic E-state index is 6.50. The molecule has 1 aromatic heterocycles. The van der Waals surface area contributed by atoms with Gasteiger partial charge in [0, 0.05) is 36.5 Å². The van der Waals surface area contributed by atoms with Gasteiger partial charge in [0.05, 0.1) is 27.4 Å². The number of ether oxygens (including phenoxy) is 3. The molecule has 6 heteroatoms. The molecule has 2 aromatic carbocycles. The monoisotopic (exact) mass is 426 g/mol. The van der Waals surface area contributed by atoms with Gasteiger partial charge >= 0.3 is 0 Å². The SMILES string of the molecule is COc1cc(C2c3cccn3CCCN2Cc2ccccc2Cl)cc(OC)c1OC. The van der Waals surface area contributed by atoms with Gasteiger partial charge in [-0.05, 0) is 47.9 Å². The standard InChI is InChI=1S/C24H27ClN2O3/c1-28-21-14-18(15-22(29-2)24(21)30-3)23-20-10-6-11-26(20)12-7-13-27(23)16-17-8-4-5-9-19(17)25/h4-6,8-11,14-15,23H,7,12-13,16H2,1-3H3. The molecule has 0 amide bonds. The molecule has 0 spiro atoms. The summed E-state index contributed by atoms with van der Waals surface area (Å²) in [6.07, 6.45) is 3.21. The number of aryl methyl sites for hydroxylation is 1. The molecule has 158 valence electrons. The Morgan fingerprint density at radius 1 is 0.933 bits per heavy atom. The second-order valence-electron chi connectivity index (χ2n) is 7.40. The van der Waals surface area contributed by atoms with E-state index in [1.165, 1.54) is 5.69 Å². The van der Waals surface area contributed by atoms with E-state index in [0.29, 0.717) is 17.2 Å². The predicted octanol–water partition coefficient (Wildman–Crippen LogP) is 5.16. The quantitative estimate of drug-likeness (QED) is 0.545. The maximum atomic E-state index is 6.50. The lowest BCUT2D eigenvalue weighted by molar-refractivity contribution is 0.219. The molecule has 0 aliphatic carbocycles. The van der Waals surface area contributed by atoms with E-state index in [1.807, 2.05) is 30.3 Å². The van der Waals surface area contributed by atoms with Gasteiger partial charge in [0.25, 0.3) is 0 Å². The van der Waals surface area contributed by atoms with E-state index in [2.05, 4.69) is 33.9 Å². The molecule has 2 heterocycles. The zero-order chi connectivity index (χ0) is 21.1. The van der Waals surface area contributed by atoms with Gasteiger partial charge in [-0.2, -0.15) is 0 Å². The number of halogens is 1. The Bertz CT molecular complexity index is 992. The van der Waals surface area contributed by atoms with Crippen LogP contribution in [0.25, 0.3) is 0 Å². The molecule has 30 heavy (non-hydrogen) atoms. The molecule has 1 aliphatic heterocycles. The Morgan fingerprint density at radius 2 is 1.67 bits per heavy atom. The van der Waals surface area contributed by atoms with Crippen molar-refractivity contribution in [2.45, 2.75) is 25.6 Å². The van der Waals surface area contributed by atoms with E-state index in [4.69, 9.17) is 25.8 Å². The van der Waals surface area contributed by atoms with Crippen LogP contribution in [0, 0.1) is 0 Å². The summed E-state index contributed by atoms with van der Waals surface area (Å²) >= 11 is 6.50. The first-order valence-electron chi connectivity index (χ1n) is 10.1. The Balaban J connectivity index is 1.83. The highest BCUT2D eigenvalue weighted by Crippen LogP contribution is 2.43. The highest BCUT2D eigenvalue weighted by Gasteiger charge is 2.29. The van der Waals surface area contributed by atoms with Crippen LogP contribution >= 0.6 is 11.6 Å². The van der Waals surface area contributed by atoms with Gasteiger partial charge in [0.15, 0.2) is 11.5 Å². The second kappa shape index (κ2) is 9.02. The lowest BCUT2D eigenvalue weighted by Gasteiger charge is -2.31. The van der Waals surface area contributed by atoms with E-state index in [-0.39, 0.29) is 6.04 Å². The lowest BCUT2D eigenvalue weighted by atomic mass is 9.99. The predicted molar refractivity (Wildman–Crippen MR) is 119 cm³/mol. The van der Waals surface area contributed by atoms with Gasteiger partial charge in [-0.25, -0.2) is 0 Å². The fraction of sp³-hybridized carbons (Fsp3) is 0.333. The number of benzene rings is 2. The van der Waals surface area contributed by atoms with Crippen LogP contribution in [0.1, 0.15) is 29.3 Å². The topological polar surface area (TPSA) is 35.9 Å². The number of hydrogen-bond donors (Lipinski definition) is 0. The summed E-state index contributed by atoms with van der Waals surface area (Å²) in [4.78, 5) is 2.47. The summed E-state index contributed by atoms with van der Waals surface area (Å²) in [6, 6.07) is 16.5. The summed E-state index contributed by atoms with van der Waals surface area (Å²) in [6.45, 7) is 2.70. The van der Waals surface area contributed by atoms with Crippen molar-refractivity contribution in [1.29, 1.82) is 0 Å². The third kappa shape index (κ3) is 3.87. The molecule has 5 nitrogen and oxygen atoms in total. The fourth-order valence-electron chi connectivity index (χ4n) is 4.30. The van der Waals surface area contributed by atoms with Gasteiger partial charge in [0.2, 0.25) is 5.75 Å². The fourth-order valence-corrected chi connectivity index (χ4v) is 4.49. The smallest absolute Gasteiger partial charge is 0.203 e. The van der Waals surface area contributed by atoms with Crippen molar-refractivity contribution >= 4 is 11.6 Å². The number of fused-ring (bicyclic) bond motifs is 1. The first-order valence-corrected chi connectivity index (χ1v) is 10.5. The number of hydrogen-bond acceptors (Lipinski definition) is 4. The van der Waals surface area contributed by atoms with E-state index in [0.717, 1.165) is 42.2 Å². The average molecular weight is 427 g/mol. The highest BCUT2D eigenvalue weighted by molar-refractivity contribution is 6.31. The van der Waals surface area contributed by atoms with Gasteiger partial charge in [0.1, 0.15) is 0 Å². The minimum Gasteiger partial charge on any atom is -0.493 e. The average Bonchev–Trinajstić information content (AvgIpc) is 3.15. The van der Waals surface area contributed by atoms with Crippen molar-refractivity contribution in [2.75, 3.05) is 27.9 Å². The van der Waals surface area contributed by atoms with Crippen LogP contribution in [0.15, 0.2) is 54.7 Å². The Hall–Kier alpha value is -2.63. The van der Waals surface area contributed by atoms with Crippen LogP contribution in [-0.4, -0.2) is 37.3 Å². The number of nitrogens with zero attached hydrogens (tertiary/aromatic N) is 2. The molecule has 0 N–H and O–H groups in total. The van der Waals surface area contributed by atoms with Crippen molar-refractivity contribution in [2.24, 2.45) is 0 Å². The molecule has 3 aromatic rings. The molecule has 0 saturated heterocycles. The second-order valence-corrected chi connectivity index (χ2v) is 7.81. The Kier molecular flexibility index (Phi) is 6.21. The minimum absolute atomic E-state index is 0.0347. The largest absolute Gasteiger partial charge is 0.493 e. The lowest BCUT2D eigenvalue weighted by Crippen LogP contribution is -2.29. The van der Waals surface area contributed by atoms with Crippen LogP contribution in [0.2, 0.25) is 5.02 Å². The van der Waals surface area contributed by atoms with Crippen LogP contribution < -0.4 is 14.2 Å². The molecular weight excluding hydrogens is 400 g/mol. The molecule has 4 rings (SSSR count). The highest BCUT2D eigenvalue weighted by atomic mass is 35.5.